The number of aliphatic imine (C=N–C) groups is 1. The highest BCUT2D eigenvalue weighted by atomic mass is 127. The molecule has 25 heavy (non-hydrogen) atoms. The highest BCUT2D eigenvalue weighted by Crippen LogP contribution is 2.33. The zero-order valence-corrected chi connectivity index (χ0v) is 19.0. The smallest absolute Gasteiger partial charge is 0.191 e. The van der Waals surface area contributed by atoms with Crippen LogP contribution in [0.2, 0.25) is 0 Å². The summed E-state index contributed by atoms with van der Waals surface area (Å²) in [5.74, 6) is 0.964. The number of rotatable bonds is 6. The summed E-state index contributed by atoms with van der Waals surface area (Å²) >= 11 is 1.80. The van der Waals surface area contributed by atoms with Gasteiger partial charge in [-0.1, -0.05) is 0 Å². The first kappa shape index (κ1) is 20.9. The number of hydrogen-bond donors (Lipinski definition) is 2. The molecule has 2 heterocycles. The van der Waals surface area contributed by atoms with E-state index in [4.69, 9.17) is 4.99 Å². The fourth-order valence-electron chi connectivity index (χ4n) is 3.66. The van der Waals surface area contributed by atoms with E-state index in [1.54, 1.807) is 11.3 Å². The van der Waals surface area contributed by atoms with Crippen LogP contribution in [0.25, 0.3) is 0 Å². The SMILES string of the molecule is CCNC(=NCCc1sc(C)nc1C)NC1CC(C)N(C2CC2)C1.I. The van der Waals surface area contributed by atoms with Crippen molar-refractivity contribution in [2.45, 2.75) is 71.5 Å². The largest absolute Gasteiger partial charge is 0.357 e. The molecule has 1 aromatic rings. The van der Waals surface area contributed by atoms with Crippen LogP contribution in [0.15, 0.2) is 4.99 Å². The molecule has 2 unspecified atom stereocenters. The number of guanidine groups is 1. The molecule has 0 spiro atoms. The average molecular weight is 477 g/mol. The molecule has 3 rings (SSSR count). The van der Waals surface area contributed by atoms with Crippen molar-refractivity contribution in [2.75, 3.05) is 19.6 Å². The minimum atomic E-state index is 0. The molecule has 1 saturated carbocycles. The Labute approximate surface area is 173 Å². The summed E-state index contributed by atoms with van der Waals surface area (Å²) in [4.78, 5) is 13.3. The zero-order chi connectivity index (χ0) is 17.1. The second-order valence-electron chi connectivity index (χ2n) is 7.11. The lowest BCUT2D eigenvalue weighted by atomic mass is 10.2. The molecule has 7 heteroatoms. The van der Waals surface area contributed by atoms with Crippen molar-refractivity contribution in [3.63, 3.8) is 0 Å². The van der Waals surface area contributed by atoms with Gasteiger partial charge in [0.05, 0.1) is 10.7 Å². The molecule has 142 valence electrons. The average Bonchev–Trinajstić information content (AvgIpc) is 3.23. The normalized spacial score (nSPS) is 24.2. The van der Waals surface area contributed by atoms with Crippen LogP contribution in [0.5, 0.6) is 0 Å². The highest BCUT2D eigenvalue weighted by molar-refractivity contribution is 14.0. The van der Waals surface area contributed by atoms with E-state index < -0.39 is 0 Å². The molecular formula is C18H32IN5S. The van der Waals surface area contributed by atoms with Crippen molar-refractivity contribution in [3.05, 3.63) is 15.6 Å². The van der Waals surface area contributed by atoms with E-state index in [0.29, 0.717) is 12.1 Å². The molecule has 2 atom stereocenters. The third-order valence-corrected chi connectivity index (χ3v) is 6.06. The Bertz CT molecular complexity index is 584. The third kappa shape index (κ3) is 5.79. The van der Waals surface area contributed by atoms with Crippen LogP contribution in [0.1, 0.15) is 48.7 Å². The van der Waals surface area contributed by atoms with Gasteiger partial charge in [0, 0.05) is 49.1 Å². The molecule has 5 nitrogen and oxygen atoms in total. The maximum Gasteiger partial charge on any atom is 0.191 e. The van der Waals surface area contributed by atoms with Gasteiger partial charge in [-0.05, 0) is 47.0 Å². The fourth-order valence-corrected chi connectivity index (χ4v) is 4.59. The van der Waals surface area contributed by atoms with Crippen molar-refractivity contribution < 1.29 is 0 Å². The number of likely N-dealkylation sites (tertiary alicyclic amines) is 1. The van der Waals surface area contributed by atoms with Crippen molar-refractivity contribution in [1.82, 2.24) is 20.5 Å². The van der Waals surface area contributed by atoms with Gasteiger partial charge in [-0.15, -0.1) is 35.3 Å². The maximum atomic E-state index is 4.79. The summed E-state index contributed by atoms with van der Waals surface area (Å²) in [7, 11) is 0. The summed E-state index contributed by atoms with van der Waals surface area (Å²) in [5, 5.41) is 8.20. The second kappa shape index (κ2) is 9.50. The minimum Gasteiger partial charge on any atom is -0.357 e. The van der Waals surface area contributed by atoms with E-state index in [9.17, 15) is 0 Å². The molecule has 1 saturated heterocycles. The summed E-state index contributed by atoms with van der Waals surface area (Å²) in [5.41, 5.74) is 1.16. The van der Waals surface area contributed by atoms with Crippen molar-refractivity contribution in [2.24, 2.45) is 4.99 Å². The summed E-state index contributed by atoms with van der Waals surface area (Å²) in [6, 6.07) is 2.07. The monoisotopic (exact) mass is 477 g/mol. The van der Waals surface area contributed by atoms with Gasteiger partial charge >= 0.3 is 0 Å². The van der Waals surface area contributed by atoms with E-state index in [2.05, 4.69) is 48.2 Å². The second-order valence-corrected chi connectivity index (χ2v) is 8.39. The predicted octanol–water partition coefficient (Wildman–Crippen LogP) is 3.10. The molecule has 1 aliphatic carbocycles. The summed E-state index contributed by atoms with van der Waals surface area (Å²) < 4.78 is 0. The Balaban J connectivity index is 0.00000225. The lowest BCUT2D eigenvalue weighted by molar-refractivity contribution is 0.256. The predicted molar refractivity (Wildman–Crippen MR) is 117 cm³/mol. The molecule has 0 amide bonds. The Morgan fingerprint density at radius 1 is 1.36 bits per heavy atom. The third-order valence-electron chi connectivity index (χ3n) is 4.93. The maximum absolute atomic E-state index is 4.79. The molecular weight excluding hydrogens is 445 g/mol. The highest BCUT2D eigenvalue weighted by Gasteiger charge is 2.38. The van der Waals surface area contributed by atoms with Crippen LogP contribution in [-0.2, 0) is 6.42 Å². The minimum absolute atomic E-state index is 0. The molecule has 2 fully saturated rings. The van der Waals surface area contributed by atoms with Crippen molar-refractivity contribution in [1.29, 1.82) is 0 Å². The number of hydrogen-bond acceptors (Lipinski definition) is 4. The van der Waals surface area contributed by atoms with Crippen LogP contribution >= 0.6 is 35.3 Å². The number of nitrogens with zero attached hydrogens (tertiary/aromatic N) is 3. The topological polar surface area (TPSA) is 52.6 Å². The van der Waals surface area contributed by atoms with Gasteiger partial charge in [0.1, 0.15) is 0 Å². The molecule has 0 radical (unpaired) electrons. The molecule has 1 aromatic heterocycles. The number of thiazole rings is 1. The molecule has 1 aliphatic heterocycles. The van der Waals surface area contributed by atoms with E-state index >= 15 is 0 Å². The summed E-state index contributed by atoms with van der Waals surface area (Å²) in [6.07, 6.45) is 4.97. The molecule has 2 aliphatic rings. The first-order chi connectivity index (χ1) is 11.6. The Kier molecular flexibility index (Phi) is 7.94. The van der Waals surface area contributed by atoms with Crippen LogP contribution in [0.3, 0.4) is 0 Å². The molecule has 0 bridgehead atoms. The molecule has 2 N–H and O–H groups in total. The fraction of sp³-hybridized carbons (Fsp3) is 0.778. The van der Waals surface area contributed by atoms with Gasteiger partial charge in [-0.3, -0.25) is 9.89 Å². The first-order valence-corrected chi connectivity index (χ1v) is 10.1. The van der Waals surface area contributed by atoms with Crippen LogP contribution in [-0.4, -0.2) is 53.6 Å². The van der Waals surface area contributed by atoms with Crippen molar-refractivity contribution in [3.8, 4) is 0 Å². The molecule has 0 aromatic carbocycles. The van der Waals surface area contributed by atoms with Gasteiger partial charge in [0.25, 0.3) is 0 Å². The van der Waals surface area contributed by atoms with Gasteiger partial charge in [-0.25, -0.2) is 4.98 Å². The van der Waals surface area contributed by atoms with Crippen LogP contribution in [0, 0.1) is 13.8 Å². The lowest BCUT2D eigenvalue weighted by Crippen LogP contribution is -2.44. The van der Waals surface area contributed by atoms with E-state index in [0.717, 1.165) is 48.8 Å². The standard InChI is InChI=1S/C18H31N5S.HI/c1-5-19-18(20-9-8-17-13(3)21-14(4)24-17)22-15-10-12(2)23(11-15)16-6-7-16;/h12,15-16H,5-11H2,1-4H3,(H2,19,20,22);1H. The van der Waals surface area contributed by atoms with Gasteiger partial charge in [0.15, 0.2) is 5.96 Å². The van der Waals surface area contributed by atoms with Gasteiger partial charge in [-0.2, -0.15) is 0 Å². The Morgan fingerprint density at radius 2 is 2.12 bits per heavy atom. The summed E-state index contributed by atoms with van der Waals surface area (Å²) in [6.45, 7) is 11.5. The number of aryl methyl sites for hydroxylation is 2. The lowest BCUT2D eigenvalue weighted by Gasteiger charge is -2.20. The first-order valence-electron chi connectivity index (χ1n) is 9.30. The van der Waals surface area contributed by atoms with E-state index in [-0.39, 0.29) is 24.0 Å². The number of aromatic nitrogens is 1. The van der Waals surface area contributed by atoms with Crippen LogP contribution < -0.4 is 10.6 Å². The Morgan fingerprint density at radius 3 is 2.72 bits per heavy atom. The number of nitrogens with one attached hydrogen (secondary N) is 2. The van der Waals surface area contributed by atoms with Crippen LogP contribution in [0.4, 0.5) is 0 Å². The van der Waals surface area contributed by atoms with Crippen molar-refractivity contribution >= 4 is 41.3 Å². The quantitative estimate of drug-likeness (QED) is 0.376. The number of halogens is 1. The van der Waals surface area contributed by atoms with E-state index in [1.807, 2.05) is 0 Å². The van der Waals surface area contributed by atoms with Gasteiger partial charge in [0.2, 0.25) is 0 Å². The van der Waals surface area contributed by atoms with Gasteiger partial charge < -0.3 is 10.6 Å². The zero-order valence-electron chi connectivity index (χ0n) is 15.8. The van der Waals surface area contributed by atoms with E-state index in [1.165, 1.54) is 24.1 Å². The Hall–Kier alpha value is -0.410.